The Kier molecular flexibility index (Phi) is 7.03. The van der Waals surface area contributed by atoms with Gasteiger partial charge in [-0.05, 0) is 18.4 Å². The lowest BCUT2D eigenvalue weighted by atomic mass is 10.0. The topological polar surface area (TPSA) is 0 Å². The van der Waals surface area contributed by atoms with E-state index in [0.29, 0.717) is 0 Å². The molecule has 1 aromatic rings. The molecule has 1 fully saturated rings. The summed E-state index contributed by atoms with van der Waals surface area (Å²) in [6.45, 7) is 0. The summed E-state index contributed by atoms with van der Waals surface area (Å²) in [4.78, 5) is 0. The van der Waals surface area contributed by atoms with Gasteiger partial charge in [-0.1, -0.05) is 49.6 Å². The van der Waals surface area contributed by atoms with Gasteiger partial charge in [-0.2, -0.15) is 25.3 Å². The van der Waals surface area contributed by atoms with Crippen LogP contribution < -0.4 is 0 Å². The maximum Gasteiger partial charge on any atom is 0.0154 e. The van der Waals surface area contributed by atoms with E-state index < -0.39 is 0 Å². The molecule has 0 N–H and O–H groups in total. The highest BCUT2D eigenvalue weighted by molar-refractivity contribution is 7.80. The molecule has 0 amide bonds. The summed E-state index contributed by atoms with van der Waals surface area (Å²) in [7, 11) is 0. The smallest absolute Gasteiger partial charge is 0.0154 e. The molecule has 0 heterocycles. The lowest BCUT2D eigenvalue weighted by Crippen LogP contribution is -2.03. The molecule has 2 rings (SSSR count). The van der Waals surface area contributed by atoms with Crippen molar-refractivity contribution in [2.24, 2.45) is 0 Å². The van der Waals surface area contributed by atoms with Crippen molar-refractivity contribution in [1.29, 1.82) is 0 Å². The number of hydrogen-bond acceptors (Lipinski definition) is 2. The third-order valence-corrected chi connectivity index (χ3v) is 3.48. The van der Waals surface area contributed by atoms with E-state index in [1.54, 1.807) is 0 Å². The van der Waals surface area contributed by atoms with Gasteiger partial charge in [-0.25, -0.2) is 0 Å². The second-order valence-electron chi connectivity index (χ2n) is 3.94. The Bertz CT molecular complexity index is 240. The Balaban J connectivity index is 0.000000151. The van der Waals surface area contributed by atoms with Crippen LogP contribution in [-0.2, 0) is 5.75 Å². The van der Waals surface area contributed by atoms with Crippen LogP contribution in [0.3, 0.4) is 0 Å². The largest absolute Gasteiger partial charge is 0.176 e. The highest BCUT2D eigenvalue weighted by Gasteiger charge is 2.06. The molecule has 0 radical (unpaired) electrons. The lowest BCUT2D eigenvalue weighted by Gasteiger charge is -2.14. The first-order chi connectivity index (χ1) is 7.33. The number of hydrogen-bond donors (Lipinski definition) is 2. The standard InChI is InChI=1S/C7H8S.C6H12S/c8-6-7-4-2-1-3-5-7;7-6-4-2-1-3-5-6/h1-5,8H,6H2;6-7H,1-5H2. The fourth-order valence-corrected chi connectivity index (χ4v) is 2.24. The number of thiol groups is 2. The van der Waals surface area contributed by atoms with Gasteiger partial charge in [-0.3, -0.25) is 0 Å². The summed E-state index contributed by atoms with van der Waals surface area (Å²) in [5.41, 5.74) is 1.27. The van der Waals surface area contributed by atoms with Crippen LogP contribution in [0.4, 0.5) is 0 Å². The summed E-state index contributed by atoms with van der Waals surface area (Å²) in [5.74, 6) is 0.834. The Morgan fingerprint density at radius 2 is 1.60 bits per heavy atom. The monoisotopic (exact) mass is 240 g/mol. The molecule has 1 aliphatic rings. The average Bonchev–Trinajstić information content (AvgIpc) is 2.32. The molecule has 0 saturated heterocycles. The molecule has 84 valence electrons. The normalized spacial score (nSPS) is 16.7. The van der Waals surface area contributed by atoms with E-state index in [4.69, 9.17) is 0 Å². The average molecular weight is 240 g/mol. The van der Waals surface area contributed by atoms with Crippen LogP contribution in [0.2, 0.25) is 0 Å². The van der Waals surface area contributed by atoms with E-state index in [2.05, 4.69) is 37.4 Å². The van der Waals surface area contributed by atoms with E-state index in [1.807, 2.05) is 18.2 Å². The molecule has 0 spiro atoms. The zero-order valence-electron chi connectivity index (χ0n) is 9.10. The Hall–Kier alpha value is -0.0800. The summed E-state index contributed by atoms with van der Waals surface area (Å²) in [6.07, 6.45) is 6.96. The molecule has 0 atom stereocenters. The predicted octanol–water partition coefficient (Wildman–Crippen LogP) is 4.37. The van der Waals surface area contributed by atoms with Crippen molar-refractivity contribution in [3.8, 4) is 0 Å². The second kappa shape index (κ2) is 8.12. The molecule has 1 saturated carbocycles. The molecule has 1 aliphatic carbocycles. The van der Waals surface area contributed by atoms with E-state index >= 15 is 0 Å². The Labute approximate surface area is 104 Å². The molecular formula is C13H20S2. The molecule has 0 unspecified atom stereocenters. The zero-order chi connectivity index (χ0) is 10.9. The molecule has 0 aromatic heterocycles. The fraction of sp³-hybridized carbons (Fsp3) is 0.538. The van der Waals surface area contributed by atoms with E-state index in [0.717, 1.165) is 11.0 Å². The van der Waals surface area contributed by atoms with Crippen molar-refractivity contribution < 1.29 is 0 Å². The molecule has 15 heavy (non-hydrogen) atoms. The van der Waals surface area contributed by atoms with Gasteiger partial charge in [0.25, 0.3) is 0 Å². The zero-order valence-corrected chi connectivity index (χ0v) is 10.9. The van der Waals surface area contributed by atoms with Gasteiger partial charge < -0.3 is 0 Å². The van der Waals surface area contributed by atoms with Gasteiger partial charge in [0.15, 0.2) is 0 Å². The van der Waals surface area contributed by atoms with Crippen molar-refractivity contribution in [2.45, 2.75) is 43.1 Å². The van der Waals surface area contributed by atoms with Gasteiger partial charge in [0, 0.05) is 11.0 Å². The lowest BCUT2D eigenvalue weighted by molar-refractivity contribution is 0.518. The molecule has 0 bridgehead atoms. The highest BCUT2D eigenvalue weighted by atomic mass is 32.1. The first-order valence-electron chi connectivity index (χ1n) is 5.66. The summed E-state index contributed by atoms with van der Waals surface area (Å²) < 4.78 is 0. The SMILES string of the molecule is SC1CCCCC1.SCc1ccccc1. The van der Waals surface area contributed by atoms with Crippen molar-refractivity contribution >= 4 is 25.3 Å². The fourth-order valence-electron chi connectivity index (χ4n) is 1.66. The van der Waals surface area contributed by atoms with E-state index in [9.17, 15) is 0 Å². The molecule has 0 nitrogen and oxygen atoms in total. The minimum absolute atomic E-state index is 0.730. The third kappa shape index (κ3) is 6.16. The van der Waals surface area contributed by atoms with E-state index in [1.165, 1.54) is 37.7 Å². The van der Waals surface area contributed by atoms with Gasteiger partial charge >= 0.3 is 0 Å². The molecule has 1 aromatic carbocycles. The van der Waals surface area contributed by atoms with Crippen LogP contribution in [0.15, 0.2) is 30.3 Å². The Morgan fingerprint density at radius 3 is 1.93 bits per heavy atom. The number of benzene rings is 1. The second-order valence-corrected chi connectivity index (χ2v) is 4.98. The third-order valence-electron chi connectivity index (χ3n) is 2.60. The van der Waals surface area contributed by atoms with Crippen LogP contribution in [-0.4, -0.2) is 5.25 Å². The van der Waals surface area contributed by atoms with Gasteiger partial charge in [0.2, 0.25) is 0 Å². The van der Waals surface area contributed by atoms with E-state index in [-0.39, 0.29) is 0 Å². The maximum atomic E-state index is 4.36. The highest BCUT2D eigenvalue weighted by Crippen LogP contribution is 2.21. The van der Waals surface area contributed by atoms with Crippen molar-refractivity contribution in [1.82, 2.24) is 0 Å². The van der Waals surface area contributed by atoms with Crippen molar-refractivity contribution in [2.75, 3.05) is 0 Å². The van der Waals surface area contributed by atoms with Gasteiger partial charge in [-0.15, -0.1) is 0 Å². The predicted molar refractivity (Wildman–Crippen MR) is 75.0 cm³/mol. The number of rotatable bonds is 1. The van der Waals surface area contributed by atoms with Crippen LogP contribution in [0.5, 0.6) is 0 Å². The van der Waals surface area contributed by atoms with Gasteiger partial charge in [0.1, 0.15) is 0 Å². The summed E-state index contributed by atoms with van der Waals surface area (Å²) >= 11 is 8.47. The molecule has 2 heteroatoms. The molecule has 0 aliphatic heterocycles. The van der Waals surface area contributed by atoms with Crippen molar-refractivity contribution in [3.63, 3.8) is 0 Å². The summed E-state index contributed by atoms with van der Waals surface area (Å²) in [6, 6.07) is 10.2. The first-order valence-corrected chi connectivity index (χ1v) is 6.80. The molecular weight excluding hydrogens is 220 g/mol. The van der Waals surface area contributed by atoms with Crippen molar-refractivity contribution in [3.05, 3.63) is 35.9 Å². The minimum atomic E-state index is 0.730. The first kappa shape index (κ1) is 13.0. The quantitative estimate of drug-likeness (QED) is 0.669. The van der Waals surface area contributed by atoms with Gasteiger partial charge in [0.05, 0.1) is 0 Å². The Morgan fingerprint density at radius 1 is 1.00 bits per heavy atom. The van der Waals surface area contributed by atoms with Crippen LogP contribution in [0.1, 0.15) is 37.7 Å². The maximum absolute atomic E-state index is 4.36. The minimum Gasteiger partial charge on any atom is -0.176 e. The van der Waals surface area contributed by atoms with Crippen LogP contribution >= 0.6 is 25.3 Å². The van der Waals surface area contributed by atoms with Crippen LogP contribution in [0, 0.1) is 0 Å². The van der Waals surface area contributed by atoms with Crippen LogP contribution in [0.25, 0.3) is 0 Å². The summed E-state index contributed by atoms with van der Waals surface area (Å²) in [5, 5.41) is 0.730.